The first-order chi connectivity index (χ1) is 33.7. The Bertz CT molecular complexity index is 4180. The Labute approximate surface area is 393 Å². The van der Waals surface area contributed by atoms with Gasteiger partial charge in [0, 0.05) is 50.0 Å². The van der Waals surface area contributed by atoms with E-state index in [1.165, 1.54) is 87.9 Å². The molecule has 3 heteroatoms. The second-order valence-corrected chi connectivity index (χ2v) is 18.4. The summed E-state index contributed by atoms with van der Waals surface area (Å²) >= 11 is 0. The van der Waals surface area contributed by atoms with Crippen molar-refractivity contribution in [3.63, 3.8) is 0 Å². The molecule has 11 aromatic carbocycles. The lowest BCUT2D eigenvalue weighted by molar-refractivity contribution is 0.794. The standard InChI is InChI=1S/C65H41N3/c1-2-18-44(19-3-1)67-61-28-14-9-23-52(61)54-35-32-47(40-63(54)67)66(48-33-36-55-53-24-10-15-29-62(53)68(64(55)41-48)45-31-30-42-16-4-5-17-43(42)38-45)46-34-37-60-56(39-46)51-22-8-13-27-59(51)65(60)57-25-11-6-20-49(57)50-21-7-12-26-58(50)65/h1-41H. The van der Waals surface area contributed by atoms with Crippen molar-refractivity contribution in [2.24, 2.45) is 0 Å². The fraction of sp³-hybridized carbons (Fsp3) is 0.0154. The number of nitrogens with zero attached hydrogens (tertiary/aromatic N) is 3. The first kappa shape index (κ1) is 37.3. The number of hydrogen-bond donors (Lipinski definition) is 0. The molecule has 1 spiro atoms. The van der Waals surface area contributed by atoms with Gasteiger partial charge in [0.05, 0.1) is 27.5 Å². The summed E-state index contributed by atoms with van der Waals surface area (Å²) in [7, 11) is 0. The minimum absolute atomic E-state index is 0.419. The fourth-order valence-corrected chi connectivity index (χ4v) is 12.3. The van der Waals surface area contributed by atoms with Crippen LogP contribution in [0.3, 0.4) is 0 Å². The topological polar surface area (TPSA) is 13.1 Å². The number of fused-ring (bicyclic) bond motifs is 17. The lowest BCUT2D eigenvalue weighted by Gasteiger charge is -2.31. The molecule has 68 heavy (non-hydrogen) atoms. The van der Waals surface area contributed by atoms with Gasteiger partial charge in [-0.25, -0.2) is 0 Å². The van der Waals surface area contributed by atoms with Crippen LogP contribution in [0.1, 0.15) is 22.3 Å². The molecule has 0 saturated carbocycles. The number of aromatic nitrogens is 2. The molecule has 316 valence electrons. The van der Waals surface area contributed by atoms with Crippen molar-refractivity contribution >= 4 is 71.4 Å². The van der Waals surface area contributed by atoms with Crippen LogP contribution in [0, 0.1) is 0 Å². The van der Waals surface area contributed by atoms with Crippen LogP contribution in [0.4, 0.5) is 17.1 Å². The molecular weight excluding hydrogens is 823 g/mol. The van der Waals surface area contributed by atoms with Crippen molar-refractivity contribution in [2.75, 3.05) is 4.90 Å². The van der Waals surface area contributed by atoms with Crippen LogP contribution in [0.2, 0.25) is 0 Å². The molecule has 0 N–H and O–H groups in total. The maximum absolute atomic E-state index is 2.48. The number of benzene rings is 11. The highest BCUT2D eigenvalue weighted by atomic mass is 15.1. The third kappa shape index (κ3) is 5.02. The molecule has 0 radical (unpaired) electrons. The smallest absolute Gasteiger partial charge is 0.0725 e. The highest BCUT2D eigenvalue weighted by Gasteiger charge is 2.51. The van der Waals surface area contributed by atoms with Crippen LogP contribution in [-0.2, 0) is 5.41 Å². The average molecular weight is 864 g/mol. The van der Waals surface area contributed by atoms with E-state index in [-0.39, 0.29) is 0 Å². The van der Waals surface area contributed by atoms with Gasteiger partial charge in [-0.05, 0) is 128 Å². The van der Waals surface area contributed by atoms with Crippen molar-refractivity contribution in [1.29, 1.82) is 0 Å². The molecule has 0 amide bonds. The Kier molecular flexibility index (Phi) is 7.71. The Morgan fingerprint density at radius 1 is 0.265 bits per heavy atom. The van der Waals surface area contributed by atoms with Crippen LogP contribution < -0.4 is 4.90 Å². The number of anilines is 3. The molecule has 0 aliphatic heterocycles. The summed E-state index contributed by atoms with van der Waals surface area (Å²) in [6, 6.07) is 92.5. The van der Waals surface area contributed by atoms with Crippen molar-refractivity contribution in [3.8, 4) is 33.6 Å². The first-order valence-corrected chi connectivity index (χ1v) is 23.6. The van der Waals surface area contributed by atoms with E-state index >= 15 is 0 Å². The quantitative estimate of drug-likeness (QED) is 0.168. The van der Waals surface area contributed by atoms with Crippen molar-refractivity contribution in [3.05, 3.63) is 271 Å². The Morgan fingerprint density at radius 2 is 0.706 bits per heavy atom. The minimum Gasteiger partial charge on any atom is -0.310 e. The van der Waals surface area contributed by atoms with Crippen molar-refractivity contribution < 1.29 is 0 Å². The van der Waals surface area contributed by atoms with Crippen molar-refractivity contribution in [2.45, 2.75) is 5.41 Å². The van der Waals surface area contributed by atoms with Gasteiger partial charge in [0.1, 0.15) is 0 Å². The number of hydrogen-bond acceptors (Lipinski definition) is 1. The highest BCUT2D eigenvalue weighted by molar-refractivity contribution is 6.12. The van der Waals surface area contributed by atoms with E-state index in [1.54, 1.807) is 0 Å². The van der Waals surface area contributed by atoms with Gasteiger partial charge in [-0.15, -0.1) is 0 Å². The van der Waals surface area contributed by atoms with Crippen LogP contribution in [-0.4, -0.2) is 9.13 Å². The lowest BCUT2D eigenvalue weighted by atomic mass is 9.70. The molecule has 2 aliphatic carbocycles. The molecule has 2 aromatic heterocycles. The number of para-hydroxylation sites is 3. The minimum atomic E-state index is -0.419. The summed E-state index contributed by atoms with van der Waals surface area (Å²) in [5.74, 6) is 0. The SMILES string of the molecule is c1ccc(-n2c3ccccc3c3ccc(N(c4ccc5c(c4)-c4ccccc4C54c5ccccc5-c5ccccc54)c4ccc5c6ccccc6n(-c6ccc7ccccc7c6)c5c4)cc32)cc1. The molecule has 15 rings (SSSR count). The zero-order valence-corrected chi connectivity index (χ0v) is 37.0. The van der Waals surface area contributed by atoms with Gasteiger partial charge in [0.2, 0.25) is 0 Å². The zero-order chi connectivity index (χ0) is 44.5. The molecule has 0 atom stereocenters. The highest BCUT2D eigenvalue weighted by Crippen LogP contribution is 2.63. The van der Waals surface area contributed by atoms with Crippen molar-refractivity contribution in [1.82, 2.24) is 9.13 Å². The molecule has 0 unspecified atom stereocenters. The van der Waals surface area contributed by atoms with E-state index in [0.717, 1.165) is 39.5 Å². The number of rotatable bonds is 5. The molecule has 0 bridgehead atoms. The monoisotopic (exact) mass is 863 g/mol. The third-order valence-corrected chi connectivity index (χ3v) is 15.1. The van der Waals surface area contributed by atoms with Gasteiger partial charge in [-0.2, -0.15) is 0 Å². The lowest BCUT2D eigenvalue weighted by Crippen LogP contribution is -2.25. The second kappa shape index (κ2) is 14.0. The molecule has 2 aliphatic rings. The molecule has 2 heterocycles. The summed E-state index contributed by atoms with van der Waals surface area (Å²) < 4.78 is 4.87. The first-order valence-electron chi connectivity index (χ1n) is 23.6. The Morgan fingerprint density at radius 3 is 1.32 bits per heavy atom. The molecular formula is C65H41N3. The Balaban J connectivity index is 1.01. The summed E-state index contributed by atoms with van der Waals surface area (Å²) in [6.07, 6.45) is 0. The summed E-state index contributed by atoms with van der Waals surface area (Å²) in [5, 5.41) is 7.38. The van der Waals surface area contributed by atoms with Crippen LogP contribution in [0.25, 0.3) is 88.0 Å². The zero-order valence-electron chi connectivity index (χ0n) is 37.0. The van der Waals surface area contributed by atoms with E-state index in [1.807, 2.05) is 0 Å². The van der Waals surface area contributed by atoms with Gasteiger partial charge in [-0.3, -0.25) is 0 Å². The Hall–Kier alpha value is -8.92. The van der Waals surface area contributed by atoms with Crippen LogP contribution >= 0.6 is 0 Å². The van der Waals surface area contributed by atoms with E-state index in [9.17, 15) is 0 Å². The molecule has 0 saturated heterocycles. The summed E-state index contributed by atoms with van der Waals surface area (Å²) in [6.45, 7) is 0. The van der Waals surface area contributed by atoms with E-state index in [2.05, 4.69) is 263 Å². The molecule has 3 nitrogen and oxygen atoms in total. The summed E-state index contributed by atoms with van der Waals surface area (Å²) in [4.78, 5) is 2.48. The van der Waals surface area contributed by atoms with Crippen LogP contribution in [0.5, 0.6) is 0 Å². The van der Waals surface area contributed by atoms with Gasteiger partial charge >= 0.3 is 0 Å². The second-order valence-electron chi connectivity index (χ2n) is 18.4. The normalized spacial score (nSPS) is 13.1. The molecule has 0 fully saturated rings. The predicted octanol–water partition coefficient (Wildman–Crippen LogP) is 16.8. The third-order valence-electron chi connectivity index (χ3n) is 15.1. The van der Waals surface area contributed by atoms with Crippen LogP contribution in [0.15, 0.2) is 249 Å². The van der Waals surface area contributed by atoms with E-state index in [4.69, 9.17) is 0 Å². The maximum atomic E-state index is 2.48. The maximum Gasteiger partial charge on any atom is 0.0725 e. The largest absolute Gasteiger partial charge is 0.310 e. The predicted molar refractivity (Wildman–Crippen MR) is 284 cm³/mol. The van der Waals surface area contributed by atoms with Gasteiger partial charge in [-0.1, -0.05) is 176 Å². The average Bonchev–Trinajstić information content (AvgIpc) is 4.10. The van der Waals surface area contributed by atoms with E-state index in [0.29, 0.717) is 0 Å². The fourth-order valence-electron chi connectivity index (χ4n) is 12.3. The van der Waals surface area contributed by atoms with E-state index < -0.39 is 5.41 Å². The summed E-state index contributed by atoms with van der Waals surface area (Å²) in [5.41, 5.74) is 20.4. The molecule has 13 aromatic rings. The van der Waals surface area contributed by atoms with Gasteiger partial charge in [0.15, 0.2) is 0 Å². The van der Waals surface area contributed by atoms with Gasteiger partial charge in [0.25, 0.3) is 0 Å². The van der Waals surface area contributed by atoms with Gasteiger partial charge < -0.3 is 14.0 Å².